The molecule has 18 aromatic carbocycles. The molecule has 133 heavy (non-hydrogen) atoms. The first-order chi connectivity index (χ1) is 65.5. The van der Waals surface area contributed by atoms with Crippen molar-refractivity contribution in [3.8, 4) is 135 Å². The molecule has 3 aromatic heterocycles. The second kappa shape index (κ2) is 35.5. The highest BCUT2D eigenvalue weighted by Gasteiger charge is 2.29. The van der Waals surface area contributed by atoms with Gasteiger partial charge in [-0.1, -0.05) is 322 Å². The van der Waals surface area contributed by atoms with E-state index in [2.05, 4.69) is 393 Å². The van der Waals surface area contributed by atoms with Crippen LogP contribution in [0.1, 0.15) is 80.1 Å². The molecule has 21 aromatic rings. The van der Waals surface area contributed by atoms with E-state index in [1.807, 2.05) is 78.9 Å². The second-order valence-corrected chi connectivity index (χ2v) is 34.9. The summed E-state index contributed by atoms with van der Waals surface area (Å²) in [5, 5.41) is 26.2. The first-order valence-corrected chi connectivity index (χ1v) is 45.7. The minimum atomic E-state index is -0.358. The summed E-state index contributed by atoms with van der Waals surface area (Å²) >= 11 is 0. The Bertz CT molecular complexity index is 8110. The number of aryl methyl sites for hydroxylation is 3. The monoisotopic (exact) mass is 1700 g/mol. The van der Waals surface area contributed by atoms with Crippen molar-refractivity contribution in [1.82, 2.24) is 19.1 Å². The lowest BCUT2D eigenvalue weighted by Crippen LogP contribution is -2.14. The van der Waals surface area contributed by atoms with Gasteiger partial charge in [0, 0.05) is 60.9 Å². The number of hydrogen-bond acceptors (Lipinski definition) is 6. The molecule has 22 rings (SSSR count). The van der Waals surface area contributed by atoms with Gasteiger partial charge in [-0.2, -0.15) is 10.5 Å². The van der Waals surface area contributed by atoms with Crippen LogP contribution < -0.4 is 5.73 Å². The third kappa shape index (κ3) is 15.9. The van der Waals surface area contributed by atoms with E-state index in [-0.39, 0.29) is 12.0 Å². The van der Waals surface area contributed by atoms with Gasteiger partial charge in [0.25, 0.3) is 0 Å². The van der Waals surface area contributed by atoms with Gasteiger partial charge in [0.15, 0.2) is 5.82 Å². The number of para-hydroxylation sites is 4. The zero-order valence-electron chi connectivity index (χ0n) is 73.8. The summed E-state index contributed by atoms with van der Waals surface area (Å²) in [5.74, 6) is 0.794. The minimum absolute atomic E-state index is 0.139. The van der Waals surface area contributed by atoms with Crippen molar-refractivity contribution in [3.63, 3.8) is 0 Å². The number of fused-ring (bicyclic) bond motifs is 9. The van der Waals surface area contributed by atoms with Gasteiger partial charge in [0.1, 0.15) is 0 Å². The van der Waals surface area contributed by atoms with Crippen LogP contribution in [0.25, 0.3) is 172 Å². The summed E-state index contributed by atoms with van der Waals surface area (Å²) in [7, 11) is 0. The molecule has 0 aliphatic heterocycles. The lowest BCUT2D eigenvalue weighted by Gasteiger charge is -2.29. The highest BCUT2D eigenvalue weighted by Crippen LogP contribution is 2.47. The van der Waals surface area contributed by atoms with Crippen LogP contribution in [0.3, 0.4) is 0 Å². The number of benzene rings is 18. The smallest absolute Gasteiger partial charge is 0.160 e. The Morgan fingerprint density at radius 2 is 0.842 bits per heavy atom. The minimum Gasteiger partial charge on any atom is -0.398 e. The first-order valence-electron chi connectivity index (χ1n) is 45.7. The van der Waals surface area contributed by atoms with Gasteiger partial charge in [0.2, 0.25) is 0 Å². The Morgan fingerprint density at radius 1 is 0.368 bits per heavy atom. The maximum absolute atomic E-state index is 11.1. The van der Waals surface area contributed by atoms with E-state index in [1.165, 1.54) is 60.5 Å². The molecule has 0 fully saturated rings. The van der Waals surface area contributed by atoms with Gasteiger partial charge in [-0.3, -0.25) is 4.99 Å². The average molecular weight is 1700 g/mol. The predicted octanol–water partition coefficient (Wildman–Crippen LogP) is 30.6. The molecule has 8 nitrogen and oxygen atoms in total. The van der Waals surface area contributed by atoms with E-state index in [4.69, 9.17) is 20.7 Å². The number of rotatable bonds is 21. The van der Waals surface area contributed by atoms with Crippen LogP contribution in [-0.2, 0) is 25.7 Å². The fourth-order valence-corrected chi connectivity index (χ4v) is 20.1. The number of aliphatic imine (C=N–C) groups is 1. The lowest BCUT2D eigenvalue weighted by atomic mass is 9.74. The molecule has 1 aliphatic carbocycles. The number of allylic oxidation sites excluding steroid dienone is 1. The molecule has 0 saturated heterocycles. The largest absolute Gasteiger partial charge is 0.398 e. The van der Waals surface area contributed by atoms with Crippen molar-refractivity contribution in [1.29, 1.82) is 10.5 Å². The quantitative estimate of drug-likeness (QED) is 0.0718. The fourth-order valence-electron chi connectivity index (χ4n) is 20.1. The van der Waals surface area contributed by atoms with Crippen molar-refractivity contribution in [3.05, 3.63) is 498 Å². The van der Waals surface area contributed by atoms with E-state index < -0.39 is 0 Å². The summed E-state index contributed by atoms with van der Waals surface area (Å²) in [4.78, 5) is 16.5. The summed E-state index contributed by atoms with van der Waals surface area (Å²) in [6.45, 7) is 4.38. The van der Waals surface area contributed by atoms with Gasteiger partial charge in [-0.25, -0.2) is 9.97 Å². The summed E-state index contributed by atoms with van der Waals surface area (Å²) in [6, 6.07) is 158. The van der Waals surface area contributed by atoms with Gasteiger partial charge < -0.3 is 14.9 Å². The summed E-state index contributed by atoms with van der Waals surface area (Å²) in [5.41, 5.74) is 46.3. The molecule has 2 atom stereocenters. The lowest BCUT2D eigenvalue weighted by molar-refractivity contribution is 0.673. The van der Waals surface area contributed by atoms with Gasteiger partial charge in [-0.15, -0.1) is 0 Å². The third-order valence-corrected chi connectivity index (χ3v) is 26.8. The first kappa shape index (κ1) is 81.6. The van der Waals surface area contributed by atoms with Gasteiger partial charge in [-0.05, 0) is 283 Å². The standard InChI is InChI=1S/C125H90N8/c1-81-55-56-91(74-113(81)106-45-16-12-29-84(106)57-58-85-59-62-98(125-130-119(87-32-8-4-9-33-87)78-120(131-125)88-34-10-5-11-35-88)76-114(85)93-39-27-42-103(71-93)132-121-51-22-18-47-109(121)110-48-19-23-52-122(110)132)101-66-83(79-126)65-100(70-101)90-38-26-41-97(67-90)118(77-117(128)86-30-6-3-7-31-86)129-82(2)89-60-61-95(115(73-89)94-40-28-43-104(72-94)133-123-53-24-20-49-111(123)112-50-21-25-54-124(112)133)69-102-68-92-36-13-17-46-107(92)116-75-96(63-64-108(102)116)105-44-15-14-37-99(105)80-127/h3-56,59-67,70-78,82,102H,57-58,68-69,128H2,1-2H3/b117-77-,129-118?. The van der Waals surface area contributed by atoms with Crippen molar-refractivity contribution >= 4 is 55.0 Å². The zero-order chi connectivity index (χ0) is 89.4. The predicted molar refractivity (Wildman–Crippen MR) is 550 cm³/mol. The van der Waals surface area contributed by atoms with Crippen LogP contribution in [0.4, 0.5) is 0 Å². The number of nitrogens with zero attached hydrogens (tertiary/aromatic N) is 7. The summed E-state index contributed by atoms with van der Waals surface area (Å²) < 4.78 is 4.80. The second-order valence-electron chi connectivity index (χ2n) is 34.9. The van der Waals surface area contributed by atoms with Crippen LogP contribution in [0.2, 0.25) is 0 Å². The maximum Gasteiger partial charge on any atom is 0.160 e. The van der Waals surface area contributed by atoms with E-state index in [1.54, 1.807) is 0 Å². The zero-order valence-corrected chi connectivity index (χ0v) is 73.8. The number of aromatic nitrogens is 4. The topological polar surface area (TPSA) is 122 Å². The average Bonchev–Trinajstić information content (AvgIpc) is 1.28. The van der Waals surface area contributed by atoms with Crippen molar-refractivity contribution in [2.45, 2.75) is 51.5 Å². The Labute approximate surface area is 774 Å². The highest BCUT2D eigenvalue weighted by atomic mass is 15.0. The van der Waals surface area contributed by atoms with E-state index in [9.17, 15) is 10.5 Å². The molecule has 3 heterocycles. The SMILES string of the molecule is Cc1ccc(-c2cc(C#N)cc(-c3cccc(C(/C=C(\N)c4ccccc4)=NC(C)c4ccc(CC5Cc6ccccc6-c6cc(-c7ccccc7C#N)ccc65)c(-c5cccc(-n6c7ccccc7c7ccccc76)c5)c4)c3)c2)cc1-c1ccccc1CCc1ccc(-c2nc(-c3ccccc3)cc(-c3ccccc3)n2)cc1-c1cccc(-n2c3ccccc3c3ccccc32)c1. The molecule has 0 bridgehead atoms. The van der Waals surface area contributed by atoms with Crippen molar-refractivity contribution in [2.75, 3.05) is 0 Å². The van der Waals surface area contributed by atoms with Crippen molar-refractivity contribution in [2.24, 2.45) is 10.7 Å². The maximum atomic E-state index is 11.1. The Morgan fingerprint density at radius 3 is 1.47 bits per heavy atom. The molecule has 8 heteroatoms. The van der Waals surface area contributed by atoms with E-state index >= 15 is 0 Å². The van der Waals surface area contributed by atoms with Crippen molar-refractivity contribution < 1.29 is 0 Å². The molecule has 0 radical (unpaired) electrons. The van der Waals surface area contributed by atoms with Gasteiger partial charge in [0.05, 0.1) is 68.5 Å². The highest BCUT2D eigenvalue weighted by molar-refractivity contribution is 6.13. The van der Waals surface area contributed by atoms with Gasteiger partial charge >= 0.3 is 0 Å². The normalized spacial score (nSPS) is 12.8. The number of hydrogen-bond donors (Lipinski definition) is 1. The molecule has 630 valence electrons. The fraction of sp³-hybridized carbons (Fsp3) is 0.0640. The number of nitrogens with two attached hydrogens (primary N) is 1. The third-order valence-electron chi connectivity index (χ3n) is 26.8. The molecule has 1 aliphatic rings. The van der Waals surface area contributed by atoms with Crippen LogP contribution in [0.5, 0.6) is 0 Å². The Kier molecular flexibility index (Phi) is 21.8. The van der Waals surface area contributed by atoms with E-state index in [0.717, 1.165) is 182 Å². The Hall–Kier alpha value is -17.2. The van der Waals surface area contributed by atoms with Crippen LogP contribution in [0.15, 0.2) is 442 Å². The molecule has 0 saturated carbocycles. The number of nitriles is 2. The molecule has 2 unspecified atom stereocenters. The van der Waals surface area contributed by atoms with E-state index in [0.29, 0.717) is 22.6 Å². The summed E-state index contributed by atoms with van der Waals surface area (Å²) in [6.07, 6.45) is 5.16. The molecular weight excluding hydrogens is 1610 g/mol. The Balaban J connectivity index is 0.607. The van der Waals surface area contributed by atoms with Crippen LogP contribution in [-0.4, -0.2) is 24.8 Å². The molecular formula is C125H90N8. The molecule has 0 amide bonds. The van der Waals surface area contributed by atoms with Crippen LogP contribution in [0, 0.1) is 29.6 Å². The molecule has 2 N–H and O–H groups in total. The molecule has 0 spiro atoms. The van der Waals surface area contributed by atoms with Crippen LogP contribution >= 0.6 is 0 Å².